The van der Waals surface area contributed by atoms with Crippen molar-refractivity contribution in [2.75, 3.05) is 39.1 Å². The van der Waals surface area contributed by atoms with Gasteiger partial charge >= 0.3 is 5.97 Å². The Bertz CT molecular complexity index is 1040. The number of rotatable bonds is 12. The molecule has 2 rings (SSSR count). The number of carbonyl (C=O) groups is 3. The minimum absolute atomic E-state index is 0.0420. The Morgan fingerprint density at radius 3 is 2.06 bits per heavy atom. The fourth-order valence-electron chi connectivity index (χ4n) is 3.04. The second-order valence-electron chi connectivity index (χ2n) is 6.98. The minimum atomic E-state index is -0.965. The van der Waals surface area contributed by atoms with Crippen LogP contribution in [0.15, 0.2) is 36.4 Å². The summed E-state index contributed by atoms with van der Waals surface area (Å²) >= 11 is 0. The first-order valence-corrected chi connectivity index (χ1v) is 10.3. The third-order valence-corrected chi connectivity index (χ3v) is 4.69. The van der Waals surface area contributed by atoms with E-state index in [2.05, 4.69) is 10.6 Å². The van der Waals surface area contributed by atoms with E-state index < -0.39 is 11.9 Å². The first kappa shape index (κ1) is 26.0. The molecule has 0 aliphatic carbocycles. The van der Waals surface area contributed by atoms with E-state index >= 15 is 0 Å². The van der Waals surface area contributed by atoms with Crippen molar-refractivity contribution in [1.29, 1.82) is 0 Å². The predicted octanol–water partition coefficient (Wildman–Crippen LogP) is 3.57. The molecule has 2 aromatic carbocycles. The summed E-state index contributed by atoms with van der Waals surface area (Å²) in [6.07, 6.45) is 3.03. The zero-order chi connectivity index (χ0) is 25.1. The SMILES string of the molecule is COc1cc(OC)c(C=CC(=O)Nc2ccc(OC)c(NC(=O)CCCC(=O)O)c2)c(OC)c1. The molecule has 2 aromatic rings. The van der Waals surface area contributed by atoms with Crippen LogP contribution in [0.3, 0.4) is 0 Å². The fraction of sp³-hybridized carbons (Fsp3) is 0.292. The molecule has 10 nitrogen and oxygen atoms in total. The molecular weight excluding hydrogens is 444 g/mol. The second-order valence-corrected chi connectivity index (χ2v) is 6.98. The number of benzene rings is 2. The molecule has 0 spiro atoms. The number of carboxylic acid groups (broad SMARTS) is 1. The number of hydrogen-bond donors (Lipinski definition) is 3. The van der Waals surface area contributed by atoms with Crippen LogP contribution in [0.1, 0.15) is 24.8 Å². The van der Waals surface area contributed by atoms with Crippen LogP contribution in [0.25, 0.3) is 6.08 Å². The first-order valence-electron chi connectivity index (χ1n) is 10.3. The number of carbonyl (C=O) groups excluding carboxylic acids is 2. The highest BCUT2D eigenvalue weighted by Gasteiger charge is 2.13. The molecule has 10 heteroatoms. The topological polar surface area (TPSA) is 132 Å². The fourth-order valence-corrected chi connectivity index (χ4v) is 3.04. The molecule has 0 atom stereocenters. The van der Waals surface area contributed by atoms with Crippen molar-refractivity contribution in [2.24, 2.45) is 0 Å². The van der Waals surface area contributed by atoms with Crippen molar-refractivity contribution in [3.8, 4) is 23.0 Å². The Balaban J connectivity index is 2.14. The van der Waals surface area contributed by atoms with Crippen LogP contribution in [0.5, 0.6) is 23.0 Å². The quantitative estimate of drug-likeness (QED) is 0.400. The van der Waals surface area contributed by atoms with Crippen molar-refractivity contribution in [3.05, 3.63) is 42.0 Å². The Hall–Kier alpha value is -4.21. The lowest BCUT2D eigenvalue weighted by Crippen LogP contribution is -2.13. The number of amides is 2. The van der Waals surface area contributed by atoms with Crippen LogP contribution in [-0.4, -0.2) is 51.3 Å². The molecule has 0 saturated heterocycles. The molecular formula is C24H28N2O8. The van der Waals surface area contributed by atoms with Crippen molar-refractivity contribution in [3.63, 3.8) is 0 Å². The molecule has 0 fully saturated rings. The number of nitrogens with one attached hydrogen (secondary N) is 2. The lowest BCUT2D eigenvalue weighted by molar-refractivity contribution is -0.137. The number of ether oxygens (including phenoxy) is 4. The van der Waals surface area contributed by atoms with Crippen LogP contribution < -0.4 is 29.6 Å². The molecule has 0 saturated carbocycles. The molecule has 2 amide bonds. The number of carboxylic acids is 1. The van der Waals surface area contributed by atoms with Gasteiger partial charge in [0.05, 0.1) is 39.7 Å². The lowest BCUT2D eigenvalue weighted by atomic mass is 10.1. The molecule has 0 aromatic heterocycles. The zero-order valence-electron chi connectivity index (χ0n) is 19.5. The van der Waals surface area contributed by atoms with Crippen molar-refractivity contribution >= 4 is 35.2 Å². The van der Waals surface area contributed by atoms with E-state index in [0.29, 0.717) is 39.9 Å². The largest absolute Gasteiger partial charge is 0.496 e. The van der Waals surface area contributed by atoms with Gasteiger partial charge in [0.25, 0.3) is 0 Å². The summed E-state index contributed by atoms with van der Waals surface area (Å²) < 4.78 is 21.2. The minimum Gasteiger partial charge on any atom is -0.496 e. The number of aliphatic carboxylic acids is 1. The van der Waals surface area contributed by atoms with Crippen molar-refractivity contribution in [1.82, 2.24) is 0 Å². The predicted molar refractivity (Wildman–Crippen MR) is 127 cm³/mol. The van der Waals surface area contributed by atoms with E-state index in [1.54, 1.807) is 36.4 Å². The maximum Gasteiger partial charge on any atom is 0.303 e. The average molecular weight is 472 g/mol. The summed E-state index contributed by atoms with van der Waals surface area (Å²) in [6, 6.07) is 8.12. The second kappa shape index (κ2) is 12.7. The third kappa shape index (κ3) is 7.44. The molecule has 0 heterocycles. The van der Waals surface area contributed by atoms with Crippen molar-refractivity contribution < 1.29 is 38.4 Å². The van der Waals surface area contributed by atoms with E-state index in [-0.39, 0.29) is 25.2 Å². The summed E-state index contributed by atoms with van der Waals surface area (Å²) in [5, 5.41) is 14.1. The highest BCUT2D eigenvalue weighted by Crippen LogP contribution is 2.35. The van der Waals surface area contributed by atoms with Gasteiger partial charge in [0.15, 0.2) is 0 Å². The Morgan fingerprint density at radius 1 is 0.853 bits per heavy atom. The highest BCUT2D eigenvalue weighted by molar-refractivity contribution is 6.03. The van der Waals surface area contributed by atoms with E-state index in [1.807, 2.05) is 0 Å². The van der Waals surface area contributed by atoms with E-state index in [1.165, 1.54) is 34.5 Å². The Kier molecular flexibility index (Phi) is 9.75. The molecule has 3 N–H and O–H groups in total. The average Bonchev–Trinajstić information content (AvgIpc) is 2.82. The molecule has 0 aliphatic rings. The summed E-state index contributed by atoms with van der Waals surface area (Å²) in [5.41, 5.74) is 1.33. The van der Waals surface area contributed by atoms with E-state index in [9.17, 15) is 14.4 Å². The summed E-state index contributed by atoms with van der Waals surface area (Å²) in [7, 11) is 5.98. The van der Waals surface area contributed by atoms with Gasteiger partial charge in [-0.25, -0.2) is 0 Å². The smallest absolute Gasteiger partial charge is 0.303 e. The normalized spacial score (nSPS) is 10.5. The highest BCUT2D eigenvalue weighted by atomic mass is 16.5. The van der Waals surface area contributed by atoms with Gasteiger partial charge in [0, 0.05) is 36.7 Å². The van der Waals surface area contributed by atoms with Gasteiger partial charge in [-0.2, -0.15) is 0 Å². The summed E-state index contributed by atoms with van der Waals surface area (Å²) in [5.74, 6) is 0.132. The Labute approximate surface area is 197 Å². The van der Waals surface area contributed by atoms with Gasteiger partial charge in [0.2, 0.25) is 11.8 Å². The monoisotopic (exact) mass is 472 g/mol. The lowest BCUT2D eigenvalue weighted by Gasteiger charge is -2.13. The molecule has 0 aliphatic heterocycles. The van der Waals surface area contributed by atoms with Gasteiger partial charge in [-0.3, -0.25) is 14.4 Å². The first-order chi connectivity index (χ1) is 16.3. The molecule has 0 bridgehead atoms. The zero-order valence-corrected chi connectivity index (χ0v) is 19.5. The number of methoxy groups -OCH3 is 4. The molecule has 34 heavy (non-hydrogen) atoms. The van der Waals surface area contributed by atoms with Crippen LogP contribution >= 0.6 is 0 Å². The maximum atomic E-state index is 12.5. The van der Waals surface area contributed by atoms with Crippen LogP contribution in [0.2, 0.25) is 0 Å². The van der Waals surface area contributed by atoms with E-state index in [4.69, 9.17) is 24.1 Å². The maximum absolute atomic E-state index is 12.5. The van der Waals surface area contributed by atoms with Gasteiger partial charge in [-0.15, -0.1) is 0 Å². The van der Waals surface area contributed by atoms with Crippen molar-refractivity contribution in [2.45, 2.75) is 19.3 Å². The van der Waals surface area contributed by atoms with Gasteiger partial charge in [-0.1, -0.05) is 0 Å². The van der Waals surface area contributed by atoms with Gasteiger partial charge < -0.3 is 34.7 Å². The molecule has 0 radical (unpaired) electrons. The van der Waals surface area contributed by atoms with Crippen LogP contribution in [0.4, 0.5) is 11.4 Å². The number of anilines is 2. The number of hydrogen-bond acceptors (Lipinski definition) is 7. The summed E-state index contributed by atoms with van der Waals surface area (Å²) in [6.45, 7) is 0. The molecule has 0 unspecified atom stereocenters. The van der Waals surface area contributed by atoms with E-state index in [0.717, 1.165) is 0 Å². The Morgan fingerprint density at radius 2 is 1.50 bits per heavy atom. The third-order valence-electron chi connectivity index (χ3n) is 4.69. The summed E-state index contributed by atoms with van der Waals surface area (Å²) in [4.78, 5) is 35.3. The van der Waals surface area contributed by atoms with Gasteiger partial charge in [-0.05, 0) is 30.7 Å². The molecule has 182 valence electrons. The van der Waals surface area contributed by atoms with Crippen LogP contribution in [-0.2, 0) is 14.4 Å². The standard InChI is InChI=1S/C24H28N2O8/c1-31-16-13-20(33-3)17(21(14-16)34-4)9-11-23(28)25-15-8-10-19(32-2)18(12-15)26-22(27)6-5-7-24(29)30/h8-14H,5-7H2,1-4H3,(H,25,28)(H,26,27)(H,29,30). The van der Waals surface area contributed by atoms with Crippen LogP contribution in [0, 0.1) is 0 Å². The van der Waals surface area contributed by atoms with Gasteiger partial charge in [0.1, 0.15) is 23.0 Å².